The van der Waals surface area contributed by atoms with E-state index in [2.05, 4.69) is 20.5 Å². The van der Waals surface area contributed by atoms with Crippen LogP contribution in [0.4, 0.5) is 4.39 Å². The number of halogens is 2. The van der Waals surface area contributed by atoms with Crippen LogP contribution in [0.2, 0.25) is 0 Å². The molecule has 1 aliphatic rings. The molecular formula is C25H25BrFN3O3. The molecule has 0 fully saturated rings. The lowest BCUT2D eigenvalue weighted by Crippen LogP contribution is -2.48. The maximum atomic E-state index is 14.0. The number of hydrogen-bond acceptors (Lipinski definition) is 3. The van der Waals surface area contributed by atoms with Gasteiger partial charge in [0.25, 0.3) is 5.91 Å². The lowest BCUT2D eigenvalue weighted by atomic mass is 9.99. The van der Waals surface area contributed by atoms with Crippen LogP contribution in [0.25, 0.3) is 0 Å². The van der Waals surface area contributed by atoms with E-state index in [0.717, 1.165) is 10.2 Å². The second kappa shape index (κ2) is 10.3. The first-order valence-corrected chi connectivity index (χ1v) is 11.5. The number of carbonyl (C=O) groups excluding carboxylic acids is 2. The molecule has 6 nitrogen and oxygen atoms in total. The van der Waals surface area contributed by atoms with Crippen molar-refractivity contribution in [3.8, 4) is 0 Å². The van der Waals surface area contributed by atoms with Crippen molar-refractivity contribution in [2.75, 3.05) is 33.4 Å². The summed E-state index contributed by atoms with van der Waals surface area (Å²) >= 11 is 3.38. The van der Waals surface area contributed by atoms with Gasteiger partial charge in [0, 0.05) is 48.7 Å². The number of aromatic nitrogens is 1. The lowest BCUT2D eigenvalue weighted by molar-refractivity contribution is -0.134. The minimum Gasteiger partial charge on any atom is -0.383 e. The number of methoxy groups -OCH3 is 1. The quantitative estimate of drug-likeness (QED) is 0.477. The van der Waals surface area contributed by atoms with Crippen LogP contribution in [0.5, 0.6) is 0 Å². The molecule has 2 amide bonds. The van der Waals surface area contributed by atoms with Crippen molar-refractivity contribution in [3.05, 3.63) is 94.0 Å². The summed E-state index contributed by atoms with van der Waals surface area (Å²) in [6.45, 7) is 1.60. The minimum atomic E-state index is -0.427. The molecule has 2 aromatic carbocycles. The highest BCUT2D eigenvalue weighted by Crippen LogP contribution is 2.33. The SMILES string of the molecule is COCCN(CC(=O)N1CCn2cccc2C1c1cccc(F)c1)C(=O)c1ccc(Br)cc1. The van der Waals surface area contributed by atoms with Crippen molar-refractivity contribution < 1.29 is 18.7 Å². The Kier molecular flexibility index (Phi) is 7.25. The fourth-order valence-electron chi connectivity index (χ4n) is 4.16. The number of amides is 2. The van der Waals surface area contributed by atoms with Gasteiger partial charge in [0.15, 0.2) is 0 Å². The van der Waals surface area contributed by atoms with Crippen LogP contribution in [-0.4, -0.2) is 59.5 Å². The van der Waals surface area contributed by atoms with Crippen LogP contribution in [-0.2, 0) is 16.1 Å². The highest BCUT2D eigenvalue weighted by Gasteiger charge is 2.33. The van der Waals surface area contributed by atoms with Gasteiger partial charge in [-0.15, -0.1) is 0 Å². The highest BCUT2D eigenvalue weighted by molar-refractivity contribution is 9.10. The third-order valence-corrected chi connectivity index (χ3v) is 6.32. The standard InChI is InChI=1S/C25H25BrFN3O3/c1-33-15-14-29(25(32)18-7-9-20(26)10-8-18)17-23(31)30-13-12-28-11-3-6-22(28)24(30)19-4-2-5-21(27)16-19/h2-11,16,24H,12-15,17H2,1H3. The maximum absolute atomic E-state index is 14.0. The van der Waals surface area contributed by atoms with Crippen LogP contribution in [0.1, 0.15) is 27.7 Å². The summed E-state index contributed by atoms with van der Waals surface area (Å²) < 4.78 is 22.2. The number of rotatable bonds is 7. The first-order chi connectivity index (χ1) is 16.0. The van der Waals surface area contributed by atoms with Gasteiger partial charge >= 0.3 is 0 Å². The molecule has 3 aromatic rings. The fourth-order valence-corrected chi connectivity index (χ4v) is 4.43. The summed E-state index contributed by atoms with van der Waals surface area (Å²) in [7, 11) is 1.56. The Labute approximate surface area is 200 Å². The van der Waals surface area contributed by atoms with Crippen molar-refractivity contribution >= 4 is 27.7 Å². The van der Waals surface area contributed by atoms with E-state index in [1.807, 2.05) is 24.4 Å². The zero-order chi connectivity index (χ0) is 23.4. The molecule has 0 bridgehead atoms. The Hall–Kier alpha value is -2.97. The summed E-state index contributed by atoms with van der Waals surface area (Å²) in [5, 5.41) is 0. The Bertz CT molecular complexity index is 1130. The number of carbonyl (C=O) groups is 2. The van der Waals surface area contributed by atoms with E-state index in [-0.39, 0.29) is 30.7 Å². The van der Waals surface area contributed by atoms with E-state index in [1.165, 1.54) is 17.0 Å². The van der Waals surface area contributed by atoms with Gasteiger partial charge in [0.1, 0.15) is 12.4 Å². The van der Waals surface area contributed by atoms with Crippen molar-refractivity contribution in [3.63, 3.8) is 0 Å². The van der Waals surface area contributed by atoms with E-state index < -0.39 is 6.04 Å². The van der Waals surface area contributed by atoms with Crippen LogP contribution >= 0.6 is 15.9 Å². The van der Waals surface area contributed by atoms with Crippen LogP contribution < -0.4 is 0 Å². The minimum absolute atomic E-state index is 0.0925. The smallest absolute Gasteiger partial charge is 0.254 e. The summed E-state index contributed by atoms with van der Waals surface area (Å²) in [5.41, 5.74) is 2.12. The van der Waals surface area contributed by atoms with Crippen molar-refractivity contribution in [1.29, 1.82) is 0 Å². The first-order valence-electron chi connectivity index (χ1n) is 10.7. The lowest BCUT2D eigenvalue weighted by Gasteiger charge is -2.38. The third-order valence-electron chi connectivity index (χ3n) is 5.79. The first kappa shape index (κ1) is 23.2. The van der Waals surface area contributed by atoms with Gasteiger partial charge in [-0.25, -0.2) is 4.39 Å². The van der Waals surface area contributed by atoms with Gasteiger partial charge in [-0.2, -0.15) is 0 Å². The highest BCUT2D eigenvalue weighted by atomic mass is 79.9. The van der Waals surface area contributed by atoms with Gasteiger partial charge < -0.3 is 19.1 Å². The van der Waals surface area contributed by atoms with E-state index in [0.29, 0.717) is 30.8 Å². The molecule has 8 heteroatoms. The number of hydrogen-bond donors (Lipinski definition) is 0. The average molecular weight is 514 g/mol. The Morgan fingerprint density at radius 2 is 1.91 bits per heavy atom. The molecule has 0 radical (unpaired) electrons. The number of benzene rings is 2. The van der Waals surface area contributed by atoms with Gasteiger partial charge in [-0.1, -0.05) is 28.1 Å². The molecule has 0 N–H and O–H groups in total. The van der Waals surface area contributed by atoms with Gasteiger partial charge in [0.05, 0.1) is 12.6 Å². The zero-order valence-electron chi connectivity index (χ0n) is 18.3. The van der Waals surface area contributed by atoms with Crippen LogP contribution in [0.3, 0.4) is 0 Å². The Morgan fingerprint density at radius 3 is 2.64 bits per heavy atom. The van der Waals surface area contributed by atoms with E-state index in [1.54, 1.807) is 42.3 Å². The topological polar surface area (TPSA) is 54.8 Å². The molecule has 1 unspecified atom stereocenters. The molecule has 0 saturated heterocycles. The summed E-state index contributed by atoms with van der Waals surface area (Å²) in [4.78, 5) is 29.9. The van der Waals surface area contributed by atoms with Crippen LogP contribution in [0.15, 0.2) is 71.3 Å². The number of fused-ring (bicyclic) bond motifs is 1. The Morgan fingerprint density at radius 1 is 1.12 bits per heavy atom. The predicted molar refractivity (Wildman–Crippen MR) is 126 cm³/mol. The van der Waals surface area contributed by atoms with E-state index in [4.69, 9.17) is 4.74 Å². The molecule has 4 rings (SSSR count). The maximum Gasteiger partial charge on any atom is 0.254 e. The molecule has 172 valence electrons. The molecule has 1 aromatic heterocycles. The van der Waals surface area contributed by atoms with E-state index in [9.17, 15) is 14.0 Å². The molecular weight excluding hydrogens is 489 g/mol. The van der Waals surface area contributed by atoms with Crippen molar-refractivity contribution in [1.82, 2.24) is 14.4 Å². The summed E-state index contributed by atoms with van der Waals surface area (Å²) in [6, 6.07) is 16.8. The number of nitrogens with zero attached hydrogens (tertiary/aromatic N) is 3. The predicted octanol–water partition coefficient (Wildman–Crippen LogP) is 4.11. The average Bonchev–Trinajstić information content (AvgIpc) is 3.30. The molecule has 2 heterocycles. The molecule has 0 aliphatic carbocycles. The zero-order valence-corrected chi connectivity index (χ0v) is 19.9. The Balaban J connectivity index is 1.61. The molecule has 0 spiro atoms. The summed E-state index contributed by atoms with van der Waals surface area (Å²) in [5.74, 6) is -0.787. The van der Waals surface area contributed by atoms with E-state index >= 15 is 0 Å². The van der Waals surface area contributed by atoms with Crippen molar-refractivity contribution in [2.24, 2.45) is 0 Å². The molecule has 0 saturated carbocycles. The van der Waals surface area contributed by atoms with Gasteiger partial charge in [-0.3, -0.25) is 9.59 Å². The largest absolute Gasteiger partial charge is 0.383 e. The van der Waals surface area contributed by atoms with Gasteiger partial charge in [-0.05, 0) is 54.1 Å². The summed E-state index contributed by atoms with van der Waals surface area (Å²) in [6.07, 6.45) is 1.96. The van der Waals surface area contributed by atoms with Gasteiger partial charge in [0.2, 0.25) is 5.91 Å². The third kappa shape index (κ3) is 5.17. The van der Waals surface area contributed by atoms with Crippen molar-refractivity contribution in [2.45, 2.75) is 12.6 Å². The second-order valence-electron chi connectivity index (χ2n) is 7.90. The number of ether oxygens (including phenoxy) is 1. The fraction of sp³-hybridized carbons (Fsp3) is 0.280. The normalized spacial score (nSPS) is 15.2. The molecule has 1 atom stereocenters. The monoisotopic (exact) mass is 513 g/mol. The molecule has 33 heavy (non-hydrogen) atoms. The second-order valence-corrected chi connectivity index (χ2v) is 8.81. The van der Waals surface area contributed by atoms with Crippen LogP contribution in [0, 0.1) is 5.82 Å². The molecule has 1 aliphatic heterocycles.